The number of aryl methyl sites for hydroxylation is 1. The molecule has 0 radical (unpaired) electrons. The van der Waals surface area contributed by atoms with Crippen LogP contribution in [0.4, 0.5) is 0 Å². The number of pyridine rings is 4. The van der Waals surface area contributed by atoms with Crippen LogP contribution in [0.25, 0.3) is 66.9 Å². The van der Waals surface area contributed by atoms with Gasteiger partial charge in [-0.3, -0.25) is 19.9 Å². The Balaban J connectivity index is 1.48. The minimum Gasteiger partial charge on any atom is -0.309 e. The van der Waals surface area contributed by atoms with Crippen molar-refractivity contribution in [3.8, 4) is 34.2 Å². The molecular formula is C38H28N6. The Bertz CT molecular complexity index is 2330. The van der Waals surface area contributed by atoms with Gasteiger partial charge in [-0.15, -0.1) is 0 Å². The van der Waals surface area contributed by atoms with E-state index in [0.717, 1.165) is 52.5 Å². The standard InChI is InChI=1S/C38H28N6/c1-3-15-31-25(11-1)27-19-20-28-26-12-2-4-16-32(26)44(34-18-10-24-42-36(34)30-14-6-8-22-40-30)38(28)37(27)43(31)33-17-9-23-41-35(33)29-13-5-7-21-39-29/h1,3,5-11,13-15,17-24H,2,4,12,16H2. The molecule has 8 aromatic rings. The van der Waals surface area contributed by atoms with Crippen LogP contribution in [0.5, 0.6) is 0 Å². The van der Waals surface area contributed by atoms with Crippen LogP contribution in [0.15, 0.2) is 122 Å². The monoisotopic (exact) mass is 568 g/mol. The van der Waals surface area contributed by atoms with Gasteiger partial charge in [0, 0.05) is 46.6 Å². The summed E-state index contributed by atoms with van der Waals surface area (Å²) in [5.41, 5.74) is 11.8. The second-order valence-corrected chi connectivity index (χ2v) is 11.4. The van der Waals surface area contributed by atoms with Gasteiger partial charge in [-0.05, 0) is 85.8 Å². The zero-order chi connectivity index (χ0) is 29.0. The van der Waals surface area contributed by atoms with E-state index in [2.05, 4.69) is 57.7 Å². The lowest BCUT2D eigenvalue weighted by molar-refractivity contribution is 0.667. The molecule has 1 aliphatic rings. The van der Waals surface area contributed by atoms with Crippen LogP contribution in [-0.4, -0.2) is 29.1 Å². The highest BCUT2D eigenvalue weighted by atomic mass is 15.1. The predicted molar refractivity (Wildman–Crippen MR) is 176 cm³/mol. The lowest BCUT2D eigenvalue weighted by Gasteiger charge is -2.19. The number of nitrogens with zero attached hydrogens (tertiary/aromatic N) is 6. The summed E-state index contributed by atoms with van der Waals surface area (Å²) in [6.45, 7) is 0. The van der Waals surface area contributed by atoms with E-state index in [0.29, 0.717) is 0 Å². The fraction of sp³-hybridized carbons (Fsp3) is 0.105. The van der Waals surface area contributed by atoms with Crippen LogP contribution < -0.4 is 0 Å². The molecule has 44 heavy (non-hydrogen) atoms. The van der Waals surface area contributed by atoms with Crippen LogP contribution in [0, 0.1) is 0 Å². The van der Waals surface area contributed by atoms with Crippen molar-refractivity contribution in [2.75, 3.05) is 0 Å². The Morgan fingerprint density at radius 3 is 1.75 bits per heavy atom. The Morgan fingerprint density at radius 2 is 1.05 bits per heavy atom. The predicted octanol–water partition coefficient (Wildman–Crippen LogP) is 8.52. The highest BCUT2D eigenvalue weighted by Gasteiger charge is 2.27. The van der Waals surface area contributed by atoms with Crippen molar-refractivity contribution in [3.05, 3.63) is 133 Å². The van der Waals surface area contributed by atoms with E-state index in [4.69, 9.17) is 19.9 Å². The fourth-order valence-corrected chi connectivity index (χ4v) is 7.14. The molecule has 2 aromatic carbocycles. The molecular weight excluding hydrogens is 540 g/mol. The van der Waals surface area contributed by atoms with Gasteiger partial charge in [0.1, 0.15) is 11.4 Å². The quantitative estimate of drug-likeness (QED) is 0.214. The molecule has 6 aromatic heterocycles. The molecule has 0 saturated carbocycles. The summed E-state index contributed by atoms with van der Waals surface area (Å²) in [6.07, 6.45) is 11.8. The first-order valence-electron chi connectivity index (χ1n) is 15.2. The van der Waals surface area contributed by atoms with Gasteiger partial charge in [0.2, 0.25) is 0 Å². The summed E-state index contributed by atoms with van der Waals surface area (Å²) in [5.74, 6) is 0. The van der Waals surface area contributed by atoms with E-state index in [1.54, 1.807) is 0 Å². The number of aromatic nitrogens is 6. The molecule has 6 nitrogen and oxygen atoms in total. The minimum absolute atomic E-state index is 0.848. The van der Waals surface area contributed by atoms with E-state index in [1.165, 1.54) is 51.3 Å². The van der Waals surface area contributed by atoms with Crippen molar-refractivity contribution in [2.45, 2.75) is 25.7 Å². The minimum atomic E-state index is 0.848. The second-order valence-electron chi connectivity index (χ2n) is 11.4. The average Bonchev–Trinajstić information content (AvgIpc) is 3.62. The molecule has 6 heterocycles. The molecule has 0 aliphatic heterocycles. The van der Waals surface area contributed by atoms with Gasteiger partial charge in [-0.2, -0.15) is 0 Å². The van der Waals surface area contributed by atoms with Gasteiger partial charge in [-0.25, -0.2) is 0 Å². The van der Waals surface area contributed by atoms with Gasteiger partial charge in [0.25, 0.3) is 0 Å². The van der Waals surface area contributed by atoms with Crippen LogP contribution in [-0.2, 0) is 12.8 Å². The van der Waals surface area contributed by atoms with E-state index < -0.39 is 0 Å². The number of hydrogen-bond acceptors (Lipinski definition) is 4. The molecule has 0 saturated heterocycles. The smallest absolute Gasteiger partial charge is 0.113 e. The lowest BCUT2D eigenvalue weighted by atomic mass is 9.95. The number of benzene rings is 2. The molecule has 0 bridgehead atoms. The van der Waals surface area contributed by atoms with Crippen molar-refractivity contribution in [3.63, 3.8) is 0 Å². The summed E-state index contributed by atoms with van der Waals surface area (Å²) in [6, 6.07) is 33.8. The Morgan fingerprint density at radius 1 is 0.455 bits per heavy atom. The van der Waals surface area contributed by atoms with Crippen LogP contribution in [0.3, 0.4) is 0 Å². The molecule has 0 amide bonds. The molecule has 0 unspecified atom stereocenters. The van der Waals surface area contributed by atoms with Crippen molar-refractivity contribution < 1.29 is 0 Å². The number of rotatable bonds is 4. The third kappa shape index (κ3) is 3.67. The largest absolute Gasteiger partial charge is 0.309 e. The van der Waals surface area contributed by atoms with Crippen molar-refractivity contribution in [1.82, 2.24) is 29.1 Å². The fourth-order valence-electron chi connectivity index (χ4n) is 7.14. The molecule has 1 aliphatic carbocycles. The first-order valence-corrected chi connectivity index (χ1v) is 15.2. The van der Waals surface area contributed by atoms with Crippen LogP contribution in [0.1, 0.15) is 24.1 Å². The average molecular weight is 569 g/mol. The third-order valence-electron chi connectivity index (χ3n) is 8.94. The zero-order valence-electron chi connectivity index (χ0n) is 24.1. The third-order valence-corrected chi connectivity index (χ3v) is 8.94. The maximum Gasteiger partial charge on any atom is 0.113 e. The molecule has 6 heteroatoms. The SMILES string of the molecule is c1ccc(-c2ncccc2-n2c3c(c4ccc5c6ccccc6n(-c6cccnc6-c6ccccn6)c5c42)CCCC3)nc1. The van der Waals surface area contributed by atoms with Crippen molar-refractivity contribution in [1.29, 1.82) is 0 Å². The summed E-state index contributed by atoms with van der Waals surface area (Å²) in [4.78, 5) is 19.2. The molecule has 0 spiro atoms. The number of para-hydroxylation sites is 1. The van der Waals surface area contributed by atoms with E-state index in [9.17, 15) is 0 Å². The summed E-state index contributed by atoms with van der Waals surface area (Å²) < 4.78 is 4.90. The number of fused-ring (bicyclic) bond motifs is 7. The topological polar surface area (TPSA) is 61.4 Å². The number of hydrogen-bond donors (Lipinski definition) is 0. The molecule has 0 N–H and O–H groups in total. The van der Waals surface area contributed by atoms with Crippen molar-refractivity contribution in [2.24, 2.45) is 0 Å². The highest BCUT2D eigenvalue weighted by Crippen LogP contribution is 2.44. The molecule has 9 rings (SSSR count). The summed E-state index contributed by atoms with van der Waals surface area (Å²) in [5, 5.41) is 3.72. The van der Waals surface area contributed by atoms with Gasteiger partial charge >= 0.3 is 0 Å². The summed E-state index contributed by atoms with van der Waals surface area (Å²) in [7, 11) is 0. The van der Waals surface area contributed by atoms with E-state index in [1.807, 2.05) is 73.3 Å². The lowest BCUT2D eigenvalue weighted by Crippen LogP contribution is -2.09. The Kier molecular flexibility index (Phi) is 5.66. The zero-order valence-corrected chi connectivity index (χ0v) is 24.1. The Labute approximate surface area is 254 Å². The van der Waals surface area contributed by atoms with Crippen LogP contribution >= 0.6 is 0 Å². The summed E-state index contributed by atoms with van der Waals surface area (Å²) >= 11 is 0. The van der Waals surface area contributed by atoms with Gasteiger partial charge < -0.3 is 9.13 Å². The van der Waals surface area contributed by atoms with Gasteiger partial charge in [-0.1, -0.05) is 42.5 Å². The van der Waals surface area contributed by atoms with E-state index in [-0.39, 0.29) is 0 Å². The van der Waals surface area contributed by atoms with Gasteiger partial charge in [0.15, 0.2) is 0 Å². The first-order chi connectivity index (χ1) is 21.9. The molecule has 0 atom stereocenters. The van der Waals surface area contributed by atoms with E-state index >= 15 is 0 Å². The van der Waals surface area contributed by atoms with Gasteiger partial charge in [0.05, 0.1) is 39.3 Å². The van der Waals surface area contributed by atoms with Crippen LogP contribution in [0.2, 0.25) is 0 Å². The van der Waals surface area contributed by atoms with Crippen molar-refractivity contribution >= 4 is 32.7 Å². The Hall–Kier alpha value is -5.62. The molecule has 210 valence electrons. The maximum absolute atomic E-state index is 4.91. The molecule has 0 fully saturated rings. The normalized spacial score (nSPS) is 13.1. The maximum atomic E-state index is 4.91. The highest BCUT2D eigenvalue weighted by molar-refractivity contribution is 6.19. The second kappa shape index (κ2) is 9.99. The first kappa shape index (κ1) is 24.9.